The van der Waals surface area contributed by atoms with Crippen LogP contribution in [0.1, 0.15) is 5.76 Å². The summed E-state index contributed by atoms with van der Waals surface area (Å²) in [7, 11) is 0. The molecule has 0 atom stereocenters. The smallest absolute Gasteiger partial charge is 0.258 e. The first-order valence-corrected chi connectivity index (χ1v) is 6.88. The summed E-state index contributed by atoms with van der Waals surface area (Å²) in [6.07, 6.45) is 0. The van der Waals surface area contributed by atoms with Crippen molar-refractivity contribution in [2.45, 2.75) is 6.92 Å². The molecule has 0 saturated heterocycles. The van der Waals surface area contributed by atoms with E-state index in [4.69, 9.17) is 4.42 Å². The van der Waals surface area contributed by atoms with Crippen LogP contribution < -0.4 is 0 Å². The molecule has 0 radical (unpaired) electrons. The summed E-state index contributed by atoms with van der Waals surface area (Å²) in [6.45, 7) is 1.89. The second-order valence-electron chi connectivity index (χ2n) is 4.99. The van der Waals surface area contributed by atoms with Gasteiger partial charge < -0.3 is 0 Å². The van der Waals surface area contributed by atoms with Crippen LogP contribution in [0, 0.1) is 17.0 Å². The molecule has 3 aromatic rings. The quantitative estimate of drug-likeness (QED) is 0.383. The van der Waals surface area contributed by atoms with Gasteiger partial charge in [-0.05, 0) is 17.7 Å². The van der Waals surface area contributed by atoms with Gasteiger partial charge in [-0.25, -0.2) is 4.42 Å². The van der Waals surface area contributed by atoms with Crippen LogP contribution in [0.3, 0.4) is 0 Å². The van der Waals surface area contributed by atoms with Crippen molar-refractivity contribution in [3.63, 3.8) is 0 Å². The molecule has 0 amide bonds. The number of rotatable bonds is 3. The third kappa shape index (κ3) is 2.86. The first kappa shape index (κ1) is 13.9. The van der Waals surface area contributed by atoms with Crippen LogP contribution in [-0.2, 0) is 0 Å². The Kier molecular flexibility index (Phi) is 3.66. The van der Waals surface area contributed by atoms with E-state index in [0.29, 0.717) is 5.76 Å². The first-order valence-electron chi connectivity index (χ1n) is 6.88. The zero-order chi connectivity index (χ0) is 15.5. The minimum absolute atomic E-state index is 0.0692. The summed E-state index contributed by atoms with van der Waals surface area (Å²) in [5, 5.41) is 10.7. The van der Waals surface area contributed by atoms with Gasteiger partial charge in [0.2, 0.25) is 0 Å². The normalized spacial score (nSPS) is 10.4. The Morgan fingerprint density at radius 1 is 0.864 bits per heavy atom. The van der Waals surface area contributed by atoms with Gasteiger partial charge in [0.15, 0.2) is 0 Å². The van der Waals surface area contributed by atoms with Crippen molar-refractivity contribution >= 4 is 5.69 Å². The molecule has 0 bridgehead atoms. The highest BCUT2D eigenvalue weighted by molar-refractivity contribution is 5.70. The highest BCUT2D eigenvalue weighted by atomic mass is 16.6. The third-order valence-corrected chi connectivity index (χ3v) is 3.39. The zero-order valence-electron chi connectivity index (χ0n) is 12.0. The molecule has 0 aliphatic heterocycles. The molecule has 0 spiro atoms. The van der Waals surface area contributed by atoms with E-state index in [1.165, 1.54) is 12.1 Å². The van der Waals surface area contributed by atoms with Gasteiger partial charge >= 0.3 is 11.5 Å². The standard InChI is InChI=1S/C18H14NO3/c1-13-11-16(14-5-3-2-4-6-14)12-18(22-13)15-7-9-17(10-8-15)19(20)21/h2-12H,1H3/q+1. The van der Waals surface area contributed by atoms with Crippen LogP contribution in [-0.4, -0.2) is 4.92 Å². The molecule has 2 aromatic carbocycles. The van der Waals surface area contributed by atoms with Crippen LogP contribution in [0.5, 0.6) is 0 Å². The van der Waals surface area contributed by atoms with Gasteiger partial charge in [0.05, 0.1) is 23.5 Å². The predicted octanol–water partition coefficient (Wildman–Crippen LogP) is 5.11. The predicted molar refractivity (Wildman–Crippen MR) is 85.4 cm³/mol. The van der Waals surface area contributed by atoms with E-state index in [2.05, 4.69) is 0 Å². The number of hydrogen-bond donors (Lipinski definition) is 0. The van der Waals surface area contributed by atoms with Crippen molar-refractivity contribution in [3.05, 3.63) is 82.6 Å². The lowest BCUT2D eigenvalue weighted by Crippen LogP contribution is -1.88. The Bertz CT molecular complexity index is 811. The maximum atomic E-state index is 10.7. The van der Waals surface area contributed by atoms with E-state index >= 15 is 0 Å². The van der Waals surface area contributed by atoms with Crippen molar-refractivity contribution in [3.8, 4) is 22.5 Å². The number of nitro benzene ring substituents is 1. The Morgan fingerprint density at radius 2 is 1.55 bits per heavy atom. The average Bonchev–Trinajstić information content (AvgIpc) is 2.55. The summed E-state index contributed by atoms with van der Waals surface area (Å²) < 4.78 is 5.76. The molecule has 1 heterocycles. The molecule has 4 nitrogen and oxygen atoms in total. The molecule has 0 aliphatic rings. The van der Waals surface area contributed by atoms with Crippen molar-refractivity contribution in [2.75, 3.05) is 0 Å². The van der Waals surface area contributed by atoms with E-state index in [-0.39, 0.29) is 5.69 Å². The molecule has 0 aliphatic carbocycles. The topological polar surface area (TPSA) is 54.4 Å². The van der Waals surface area contributed by atoms with Crippen LogP contribution in [0.15, 0.2) is 71.1 Å². The summed E-state index contributed by atoms with van der Waals surface area (Å²) in [6, 6.07) is 20.3. The SMILES string of the molecule is Cc1cc(-c2ccccc2)cc(-c2ccc([N+](=O)[O-])cc2)[o+]1. The van der Waals surface area contributed by atoms with Gasteiger partial charge in [0, 0.05) is 23.8 Å². The van der Waals surface area contributed by atoms with Crippen LogP contribution in [0.25, 0.3) is 22.5 Å². The largest absolute Gasteiger partial charge is 0.360 e. The lowest BCUT2D eigenvalue weighted by molar-refractivity contribution is -0.384. The van der Waals surface area contributed by atoms with Crippen LogP contribution in [0.2, 0.25) is 0 Å². The Balaban J connectivity index is 2.04. The van der Waals surface area contributed by atoms with Gasteiger partial charge in [0.1, 0.15) is 0 Å². The average molecular weight is 292 g/mol. The van der Waals surface area contributed by atoms with Crippen molar-refractivity contribution in [2.24, 2.45) is 0 Å². The fourth-order valence-corrected chi connectivity index (χ4v) is 2.32. The first-order chi connectivity index (χ1) is 10.6. The summed E-state index contributed by atoms with van der Waals surface area (Å²) in [4.78, 5) is 10.3. The second-order valence-corrected chi connectivity index (χ2v) is 4.99. The summed E-state index contributed by atoms with van der Waals surface area (Å²) >= 11 is 0. The molecular weight excluding hydrogens is 278 g/mol. The van der Waals surface area contributed by atoms with Crippen LogP contribution >= 0.6 is 0 Å². The van der Waals surface area contributed by atoms with Crippen molar-refractivity contribution < 1.29 is 9.34 Å². The number of aryl methyl sites for hydroxylation is 1. The highest BCUT2D eigenvalue weighted by Gasteiger charge is 2.17. The van der Waals surface area contributed by atoms with Crippen molar-refractivity contribution in [1.82, 2.24) is 0 Å². The minimum Gasteiger partial charge on any atom is -0.258 e. The maximum Gasteiger partial charge on any atom is 0.360 e. The molecule has 0 N–H and O–H groups in total. The molecule has 108 valence electrons. The monoisotopic (exact) mass is 292 g/mol. The lowest BCUT2D eigenvalue weighted by Gasteiger charge is -2.00. The van der Waals surface area contributed by atoms with E-state index in [0.717, 1.165) is 22.5 Å². The van der Waals surface area contributed by atoms with Gasteiger partial charge in [-0.3, -0.25) is 10.1 Å². The molecule has 1 aromatic heterocycles. The maximum absolute atomic E-state index is 10.7. The molecule has 0 unspecified atom stereocenters. The molecule has 3 rings (SSSR count). The van der Waals surface area contributed by atoms with Gasteiger partial charge in [0.25, 0.3) is 5.69 Å². The van der Waals surface area contributed by atoms with E-state index in [1.54, 1.807) is 12.1 Å². The summed E-state index contributed by atoms with van der Waals surface area (Å²) in [5.74, 6) is 1.48. The molecule has 0 saturated carbocycles. The van der Waals surface area contributed by atoms with Gasteiger partial charge in [-0.1, -0.05) is 30.3 Å². The lowest BCUT2D eigenvalue weighted by atomic mass is 10.0. The highest BCUT2D eigenvalue weighted by Crippen LogP contribution is 2.29. The Morgan fingerprint density at radius 3 is 2.18 bits per heavy atom. The molecule has 22 heavy (non-hydrogen) atoms. The fourth-order valence-electron chi connectivity index (χ4n) is 2.32. The number of benzene rings is 2. The molecule has 0 fully saturated rings. The Labute approximate surface area is 127 Å². The van der Waals surface area contributed by atoms with Gasteiger partial charge in [-0.15, -0.1) is 0 Å². The van der Waals surface area contributed by atoms with E-state index in [1.807, 2.05) is 49.4 Å². The molecule has 4 heteroatoms. The third-order valence-electron chi connectivity index (χ3n) is 3.39. The van der Waals surface area contributed by atoms with E-state index in [9.17, 15) is 10.1 Å². The van der Waals surface area contributed by atoms with Crippen LogP contribution in [0.4, 0.5) is 5.69 Å². The van der Waals surface area contributed by atoms with Gasteiger partial charge in [-0.2, -0.15) is 0 Å². The number of nitro groups is 1. The Hall–Kier alpha value is -3.01. The number of hydrogen-bond acceptors (Lipinski definition) is 2. The van der Waals surface area contributed by atoms with E-state index < -0.39 is 4.92 Å². The zero-order valence-corrected chi connectivity index (χ0v) is 12.0. The summed E-state index contributed by atoms with van der Waals surface area (Å²) in [5.41, 5.74) is 3.04. The minimum atomic E-state index is -0.410. The number of nitrogens with zero attached hydrogens (tertiary/aromatic N) is 1. The van der Waals surface area contributed by atoms with Crippen molar-refractivity contribution in [1.29, 1.82) is 0 Å². The second kappa shape index (κ2) is 5.77. The molecular formula is C18H14NO3+. The number of non-ortho nitro benzene ring substituents is 1. The fraction of sp³-hybridized carbons (Fsp3) is 0.0556.